The summed E-state index contributed by atoms with van der Waals surface area (Å²) in [5.74, 6) is 0.153. The largest absolute Gasteiger partial charge is 0.451 e. The van der Waals surface area contributed by atoms with Crippen molar-refractivity contribution < 1.29 is 13.9 Å². The highest BCUT2D eigenvalue weighted by atomic mass is 35.5. The van der Waals surface area contributed by atoms with Gasteiger partial charge in [-0.25, -0.2) is 0 Å². The molecule has 4 rings (SSSR count). The molecule has 0 bridgehead atoms. The highest BCUT2D eigenvalue weighted by Gasteiger charge is 2.26. The number of halogens is 1. The van der Waals surface area contributed by atoms with Gasteiger partial charge in [-0.2, -0.15) is 0 Å². The molecule has 5 nitrogen and oxygen atoms in total. The van der Waals surface area contributed by atoms with Crippen molar-refractivity contribution in [1.82, 2.24) is 10.2 Å². The number of rotatable bonds is 5. The number of morpholine rings is 1. The summed E-state index contributed by atoms with van der Waals surface area (Å²) in [4.78, 5) is 15.2. The van der Waals surface area contributed by atoms with Crippen LogP contribution in [0, 0.1) is 6.92 Å². The predicted octanol–water partition coefficient (Wildman–Crippen LogP) is 4.20. The number of nitrogens with zero attached hydrogens (tertiary/aromatic N) is 1. The second kappa shape index (κ2) is 8.35. The molecule has 0 radical (unpaired) electrons. The van der Waals surface area contributed by atoms with Gasteiger partial charge in [-0.3, -0.25) is 9.69 Å². The molecule has 1 amide bonds. The zero-order valence-corrected chi connectivity index (χ0v) is 16.5. The van der Waals surface area contributed by atoms with Gasteiger partial charge in [0.2, 0.25) is 0 Å². The van der Waals surface area contributed by atoms with Crippen LogP contribution >= 0.6 is 11.6 Å². The fourth-order valence-electron chi connectivity index (χ4n) is 3.73. The summed E-state index contributed by atoms with van der Waals surface area (Å²) in [6, 6.07) is 15.4. The molecule has 1 atom stereocenters. The fourth-order valence-corrected chi connectivity index (χ4v) is 3.99. The van der Waals surface area contributed by atoms with E-state index < -0.39 is 0 Å². The average molecular weight is 399 g/mol. The van der Waals surface area contributed by atoms with Crippen LogP contribution in [0.3, 0.4) is 0 Å². The number of carbonyl (C=O) groups excluding carboxylic acids is 1. The van der Waals surface area contributed by atoms with Crippen LogP contribution < -0.4 is 5.32 Å². The molecule has 0 saturated carbocycles. The molecule has 6 heteroatoms. The smallest absolute Gasteiger partial charge is 0.287 e. The maximum atomic E-state index is 12.9. The minimum atomic E-state index is -0.209. The molecule has 28 heavy (non-hydrogen) atoms. The molecule has 1 aliphatic rings. The number of carbonyl (C=O) groups is 1. The highest BCUT2D eigenvalue weighted by molar-refractivity contribution is 6.31. The Bertz CT molecular complexity index is 979. The first kappa shape index (κ1) is 19.0. The van der Waals surface area contributed by atoms with E-state index in [1.54, 1.807) is 0 Å². The molecule has 1 N–H and O–H groups in total. The number of hydrogen-bond acceptors (Lipinski definition) is 4. The van der Waals surface area contributed by atoms with Crippen LogP contribution in [-0.2, 0) is 4.74 Å². The fraction of sp³-hybridized carbons (Fsp3) is 0.318. The monoisotopic (exact) mass is 398 g/mol. The molecule has 2 aromatic carbocycles. The first-order chi connectivity index (χ1) is 13.6. The lowest BCUT2D eigenvalue weighted by Crippen LogP contribution is -2.44. The standard InChI is InChI=1S/C22H23ClN2O3/c1-15-16-6-3-5-9-20(16)28-21(15)22(26)24-14-19(25-10-12-27-13-11-25)17-7-2-4-8-18(17)23/h2-9,19H,10-14H2,1H3,(H,24,26). The van der Waals surface area contributed by atoms with Crippen molar-refractivity contribution in [3.8, 4) is 0 Å². The Morgan fingerprint density at radius 3 is 2.61 bits per heavy atom. The van der Waals surface area contributed by atoms with Crippen LogP contribution in [0.4, 0.5) is 0 Å². The van der Waals surface area contributed by atoms with Crippen LogP contribution in [0.5, 0.6) is 0 Å². The van der Waals surface area contributed by atoms with Gasteiger partial charge in [-0.15, -0.1) is 0 Å². The van der Waals surface area contributed by atoms with Gasteiger partial charge in [-0.1, -0.05) is 48.0 Å². The minimum absolute atomic E-state index is 0.0220. The van der Waals surface area contributed by atoms with Gasteiger partial charge < -0.3 is 14.5 Å². The molecule has 1 aromatic heterocycles. The third-order valence-corrected chi connectivity index (χ3v) is 5.60. The van der Waals surface area contributed by atoms with Gasteiger partial charge in [0.15, 0.2) is 5.76 Å². The number of ether oxygens (including phenoxy) is 1. The molecule has 0 spiro atoms. The topological polar surface area (TPSA) is 54.7 Å². The number of nitrogens with one attached hydrogen (secondary N) is 1. The van der Waals surface area contributed by atoms with Crippen molar-refractivity contribution in [3.63, 3.8) is 0 Å². The van der Waals surface area contributed by atoms with E-state index in [-0.39, 0.29) is 11.9 Å². The molecule has 3 aromatic rings. The Hall–Kier alpha value is -2.34. The molecule has 1 aliphatic heterocycles. The third kappa shape index (κ3) is 3.78. The number of para-hydroxylation sites is 1. The Morgan fingerprint density at radius 1 is 1.14 bits per heavy atom. The number of benzene rings is 2. The average Bonchev–Trinajstić information content (AvgIpc) is 3.07. The molecule has 0 aliphatic carbocycles. The Balaban J connectivity index is 1.55. The second-order valence-electron chi connectivity index (χ2n) is 6.95. The molecular weight excluding hydrogens is 376 g/mol. The highest BCUT2D eigenvalue weighted by Crippen LogP contribution is 2.29. The Labute approximate surface area is 169 Å². The number of fused-ring (bicyclic) bond motifs is 1. The zero-order valence-electron chi connectivity index (χ0n) is 15.8. The van der Waals surface area contributed by atoms with E-state index in [9.17, 15) is 4.79 Å². The van der Waals surface area contributed by atoms with E-state index in [2.05, 4.69) is 10.2 Å². The Kier molecular flexibility index (Phi) is 5.67. The van der Waals surface area contributed by atoms with Crippen LogP contribution in [0.15, 0.2) is 52.9 Å². The maximum absolute atomic E-state index is 12.9. The van der Waals surface area contributed by atoms with Crippen molar-refractivity contribution in [1.29, 1.82) is 0 Å². The molecule has 2 heterocycles. The minimum Gasteiger partial charge on any atom is -0.451 e. The predicted molar refractivity (Wildman–Crippen MR) is 110 cm³/mol. The van der Waals surface area contributed by atoms with Crippen molar-refractivity contribution >= 4 is 28.5 Å². The van der Waals surface area contributed by atoms with Crippen molar-refractivity contribution in [2.24, 2.45) is 0 Å². The molecular formula is C22H23ClN2O3. The lowest BCUT2D eigenvalue weighted by atomic mass is 10.0. The second-order valence-corrected chi connectivity index (χ2v) is 7.36. The normalized spacial score (nSPS) is 16.2. The van der Waals surface area contributed by atoms with Gasteiger partial charge in [0.1, 0.15) is 5.58 Å². The van der Waals surface area contributed by atoms with Gasteiger partial charge in [0, 0.05) is 35.6 Å². The van der Waals surface area contributed by atoms with E-state index in [0.717, 1.165) is 35.2 Å². The van der Waals surface area contributed by atoms with Gasteiger partial charge in [-0.05, 0) is 24.6 Å². The van der Waals surface area contributed by atoms with E-state index >= 15 is 0 Å². The third-order valence-electron chi connectivity index (χ3n) is 5.26. The van der Waals surface area contributed by atoms with E-state index in [4.69, 9.17) is 20.8 Å². The van der Waals surface area contributed by atoms with Gasteiger partial charge in [0.25, 0.3) is 5.91 Å². The molecule has 1 unspecified atom stereocenters. The zero-order chi connectivity index (χ0) is 19.5. The lowest BCUT2D eigenvalue weighted by molar-refractivity contribution is 0.0162. The van der Waals surface area contributed by atoms with E-state index in [1.807, 2.05) is 55.5 Å². The summed E-state index contributed by atoms with van der Waals surface area (Å²) in [6.07, 6.45) is 0. The van der Waals surface area contributed by atoms with Crippen LogP contribution in [-0.4, -0.2) is 43.7 Å². The van der Waals surface area contributed by atoms with Crippen molar-refractivity contribution in [3.05, 3.63) is 70.4 Å². The maximum Gasteiger partial charge on any atom is 0.287 e. The lowest BCUT2D eigenvalue weighted by Gasteiger charge is -2.35. The SMILES string of the molecule is Cc1c(C(=O)NCC(c2ccccc2Cl)N2CCOCC2)oc2ccccc12. The van der Waals surface area contributed by atoms with Crippen LogP contribution in [0.25, 0.3) is 11.0 Å². The first-order valence-electron chi connectivity index (χ1n) is 9.47. The number of aryl methyl sites for hydroxylation is 1. The summed E-state index contributed by atoms with van der Waals surface area (Å²) in [6.45, 7) is 5.31. The summed E-state index contributed by atoms with van der Waals surface area (Å²) < 4.78 is 11.3. The van der Waals surface area contributed by atoms with Crippen LogP contribution in [0.2, 0.25) is 5.02 Å². The number of furan rings is 1. The molecule has 1 fully saturated rings. The molecule has 146 valence electrons. The quantitative estimate of drug-likeness (QED) is 0.699. The number of amides is 1. The summed E-state index contributed by atoms with van der Waals surface area (Å²) in [5, 5.41) is 4.71. The summed E-state index contributed by atoms with van der Waals surface area (Å²) >= 11 is 6.46. The first-order valence-corrected chi connectivity index (χ1v) is 9.85. The Morgan fingerprint density at radius 2 is 1.86 bits per heavy atom. The van der Waals surface area contributed by atoms with Crippen LogP contribution in [0.1, 0.15) is 27.7 Å². The summed E-state index contributed by atoms with van der Waals surface area (Å²) in [5.41, 5.74) is 2.59. The van der Waals surface area contributed by atoms with E-state index in [0.29, 0.717) is 30.5 Å². The summed E-state index contributed by atoms with van der Waals surface area (Å²) in [7, 11) is 0. The van der Waals surface area contributed by atoms with E-state index in [1.165, 1.54) is 0 Å². The van der Waals surface area contributed by atoms with Crippen molar-refractivity contribution in [2.75, 3.05) is 32.8 Å². The van der Waals surface area contributed by atoms with Gasteiger partial charge >= 0.3 is 0 Å². The van der Waals surface area contributed by atoms with Crippen molar-refractivity contribution in [2.45, 2.75) is 13.0 Å². The van der Waals surface area contributed by atoms with Gasteiger partial charge in [0.05, 0.1) is 19.3 Å². The number of hydrogen-bond donors (Lipinski definition) is 1. The molecule has 1 saturated heterocycles.